The number of hydrogen-bond acceptors (Lipinski definition) is 2. The minimum atomic E-state index is -0.402. The Morgan fingerprint density at radius 1 is 1.31 bits per heavy atom. The van der Waals surface area contributed by atoms with Crippen molar-refractivity contribution in [1.29, 1.82) is 0 Å². The molecule has 0 saturated heterocycles. The molecule has 0 bridgehead atoms. The van der Waals surface area contributed by atoms with Gasteiger partial charge in [0.25, 0.3) is 0 Å². The molecule has 0 spiro atoms. The average Bonchev–Trinajstić information content (AvgIpc) is 2.65. The Hall–Kier alpha value is -1.02. The molecule has 2 N–H and O–H groups in total. The summed E-state index contributed by atoms with van der Waals surface area (Å²) in [6.45, 7) is 4.12. The van der Waals surface area contributed by atoms with Crippen LogP contribution in [0.3, 0.4) is 0 Å². The lowest BCUT2D eigenvalue weighted by Gasteiger charge is -2.21. The molecule has 1 aromatic carbocycles. The fourth-order valence-corrected chi connectivity index (χ4v) is 2.55. The van der Waals surface area contributed by atoms with Gasteiger partial charge in [0, 0.05) is 17.3 Å². The lowest BCUT2D eigenvalue weighted by atomic mass is 10.0. The van der Waals surface area contributed by atoms with Gasteiger partial charge in [-0.3, -0.25) is 0 Å². The monoisotopic (exact) mass is 219 g/mol. The van der Waals surface area contributed by atoms with Gasteiger partial charge in [-0.15, -0.1) is 0 Å². The van der Waals surface area contributed by atoms with Crippen LogP contribution in [-0.2, 0) is 0 Å². The highest BCUT2D eigenvalue weighted by atomic mass is 16.3. The van der Waals surface area contributed by atoms with Crippen LogP contribution < -0.4 is 5.32 Å². The first-order valence-electron chi connectivity index (χ1n) is 6.22. The Kier molecular flexibility index (Phi) is 3.49. The van der Waals surface area contributed by atoms with E-state index in [2.05, 4.69) is 18.3 Å². The van der Waals surface area contributed by atoms with Gasteiger partial charge in [-0.2, -0.15) is 0 Å². The Balaban J connectivity index is 2.14. The third-order valence-corrected chi connectivity index (χ3v) is 3.61. The molecule has 1 aromatic rings. The van der Waals surface area contributed by atoms with E-state index in [4.69, 9.17) is 0 Å². The van der Waals surface area contributed by atoms with Gasteiger partial charge in [0.15, 0.2) is 0 Å². The number of para-hydroxylation sites is 1. The van der Waals surface area contributed by atoms with Gasteiger partial charge in [-0.05, 0) is 31.7 Å². The third kappa shape index (κ3) is 2.38. The zero-order valence-corrected chi connectivity index (χ0v) is 10.1. The Labute approximate surface area is 97.7 Å². The maximum atomic E-state index is 9.70. The molecule has 2 rings (SSSR count). The first-order chi connectivity index (χ1) is 7.68. The second-order valence-electron chi connectivity index (χ2n) is 4.92. The average molecular weight is 219 g/mol. The van der Waals surface area contributed by atoms with Crippen molar-refractivity contribution in [3.05, 3.63) is 29.8 Å². The number of benzene rings is 1. The van der Waals surface area contributed by atoms with Crippen LogP contribution in [-0.4, -0.2) is 11.1 Å². The molecule has 16 heavy (non-hydrogen) atoms. The van der Waals surface area contributed by atoms with Crippen LogP contribution in [0.1, 0.15) is 44.8 Å². The molecule has 0 heterocycles. The van der Waals surface area contributed by atoms with E-state index in [0.29, 0.717) is 6.04 Å². The van der Waals surface area contributed by atoms with Crippen LogP contribution in [0.25, 0.3) is 0 Å². The summed E-state index contributed by atoms with van der Waals surface area (Å²) in [5.41, 5.74) is 2.10. The molecule has 0 aliphatic heterocycles. The van der Waals surface area contributed by atoms with E-state index in [1.807, 2.05) is 25.1 Å². The zero-order valence-electron chi connectivity index (χ0n) is 10.1. The molecule has 2 nitrogen and oxygen atoms in total. The van der Waals surface area contributed by atoms with Crippen molar-refractivity contribution in [2.45, 2.75) is 45.3 Å². The van der Waals surface area contributed by atoms with Gasteiger partial charge in [0.2, 0.25) is 0 Å². The molecule has 88 valence electrons. The predicted octanol–water partition coefficient (Wildman–Crippen LogP) is 3.34. The van der Waals surface area contributed by atoms with Crippen molar-refractivity contribution >= 4 is 5.69 Å². The highest BCUT2D eigenvalue weighted by molar-refractivity contribution is 5.52. The van der Waals surface area contributed by atoms with Crippen molar-refractivity contribution in [2.24, 2.45) is 5.92 Å². The fraction of sp³-hybridized carbons (Fsp3) is 0.571. The number of nitrogens with one attached hydrogen (secondary N) is 1. The van der Waals surface area contributed by atoms with Gasteiger partial charge >= 0.3 is 0 Å². The van der Waals surface area contributed by atoms with Crippen LogP contribution in [0.15, 0.2) is 24.3 Å². The maximum absolute atomic E-state index is 9.70. The highest BCUT2D eigenvalue weighted by Gasteiger charge is 2.23. The number of hydrogen-bond donors (Lipinski definition) is 2. The van der Waals surface area contributed by atoms with Crippen molar-refractivity contribution in [1.82, 2.24) is 0 Å². The maximum Gasteiger partial charge on any atom is 0.0781 e. The Morgan fingerprint density at radius 3 is 2.69 bits per heavy atom. The van der Waals surface area contributed by atoms with Gasteiger partial charge in [0.05, 0.1) is 6.10 Å². The summed E-state index contributed by atoms with van der Waals surface area (Å²) in [7, 11) is 0. The van der Waals surface area contributed by atoms with Gasteiger partial charge < -0.3 is 10.4 Å². The molecule has 1 fully saturated rings. The lowest BCUT2D eigenvalue weighted by molar-refractivity contribution is 0.200. The van der Waals surface area contributed by atoms with E-state index in [9.17, 15) is 5.11 Å². The fourth-order valence-electron chi connectivity index (χ4n) is 2.55. The standard InChI is InChI=1S/C14H21NO/c1-10-6-5-9-13(10)15-14-8-4-3-7-12(14)11(2)16/h3-4,7-8,10-11,13,15-16H,5-6,9H2,1-2H3. The van der Waals surface area contributed by atoms with E-state index in [1.54, 1.807) is 0 Å². The molecule has 0 aromatic heterocycles. The Morgan fingerprint density at radius 2 is 2.06 bits per heavy atom. The van der Waals surface area contributed by atoms with Gasteiger partial charge in [-0.1, -0.05) is 31.5 Å². The summed E-state index contributed by atoms with van der Waals surface area (Å²) in [4.78, 5) is 0. The normalized spacial score (nSPS) is 26.7. The second kappa shape index (κ2) is 4.88. The van der Waals surface area contributed by atoms with E-state index in [0.717, 1.165) is 17.2 Å². The molecule has 3 atom stereocenters. The quantitative estimate of drug-likeness (QED) is 0.817. The van der Waals surface area contributed by atoms with Gasteiger partial charge in [0.1, 0.15) is 0 Å². The summed E-state index contributed by atoms with van der Waals surface area (Å²) in [5.74, 6) is 0.738. The summed E-state index contributed by atoms with van der Waals surface area (Å²) in [6.07, 6.45) is 3.47. The minimum Gasteiger partial charge on any atom is -0.389 e. The van der Waals surface area contributed by atoms with Crippen LogP contribution in [0.2, 0.25) is 0 Å². The number of aliphatic hydroxyl groups excluding tert-OH is 1. The molecule has 3 unspecified atom stereocenters. The molecule has 0 radical (unpaired) electrons. The predicted molar refractivity (Wildman–Crippen MR) is 67.5 cm³/mol. The lowest BCUT2D eigenvalue weighted by Crippen LogP contribution is -2.22. The zero-order chi connectivity index (χ0) is 11.5. The van der Waals surface area contributed by atoms with Crippen molar-refractivity contribution in [2.75, 3.05) is 5.32 Å². The van der Waals surface area contributed by atoms with Crippen LogP contribution in [0, 0.1) is 5.92 Å². The molecule has 1 aliphatic rings. The largest absolute Gasteiger partial charge is 0.389 e. The molecular formula is C14H21NO. The van der Waals surface area contributed by atoms with Crippen LogP contribution in [0.4, 0.5) is 5.69 Å². The topological polar surface area (TPSA) is 32.3 Å². The van der Waals surface area contributed by atoms with E-state index in [-0.39, 0.29) is 0 Å². The minimum absolute atomic E-state index is 0.402. The molecular weight excluding hydrogens is 198 g/mol. The number of aliphatic hydroxyl groups is 1. The molecule has 1 aliphatic carbocycles. The van der Waals surface area contributed by atoms with E-state index < -0.39 is 6.10 Å². The molecule has 2 heteroatoms. The number of rotatable bonds is 3. The van der Waals surface area contributed by atoms with Crippen molar-refractivity contribution < 1.29 is 5.11 Å². The summed E-state index contributed by atoms with van der Waals surface area (Å²) < 4.78 is 0. The SMILES string of the molecule is CC(O)c1ccccc1NC1CCCC1C. The molecule has 1 saturated carbocycles. The van der Waals surface area contributed by atoms with Gasteiger partial charge in [-0.25, -0.2) is 0 Å². The van der Waals surface area contributed by atoms with Crippen LogP contribution in [0.5, 0.6) is 0 Å². The van der Waals surface area contributed by atoms with Crippen LogP contribution >= 0.6 is 0 Å². The smallest absolute Gasteiger partial charge is 0.0781 e. The molecule has 0 amide bonds. The number of anilines is 1. The first-order valence-corrected chi connectivity index (χ1v) is 6.22. The Bertz CT molecular complexity index is 348. The van der Waals surface area contributed by atoms with Crippen molar-refractivity contribution in [3.63, 3.8) is 0 Å². The summed E-state index contributed by atoms with van der Waals surface area (Å²) >= 11 is 0. The third-order valence-electron chi connectivity index (χ3n) is 3.61. The summed E-state index contributed by atoms with van der Waals surface area (Å²) in [5, 5.41) is 13.3. The second-order valence-corrected chi connectivity index (χ2v) is 4.92. The highest BCUT2D eigenvalue weighted by Crippen LogP contribution is 2.30. The summed E-state index contributed by atoms with van der Waals surface area (Å²) in [6, 6.07) is 8.62. The van der Waals surface area contributed by atoms with Crippen molar-refractivity contribution in [3.8, 4) is 0 Å². The van der Waals surface area contributed by atoms with E-state index in [1.165, 1.54) is 19.3 Å². The van der Waals surface area contributed by atoms with E-state index >= 15 is 0 Å². The first kappa shape index (κ1) is 11.5.